The molecule has 36 heavy (non-hydrogen) atoms. The Kier molecular flexibility index (Phi) is 4.78. The first-order valence-electron chi connectivity index (χ1n) is 11.5. The molecule has 3 aromatic rings. The number of ketones is 3. The number of anilines is 1. The normalized spacial score (nSPS) is 22.9. The van der Waals surface area contributed by atoms with Gasteiger partial charge in [0.25, 0.3) is 5.69 Å². The third-order valence-electron chi connectivity index (χ3n) is 7.65. The van der Waals surface area contributed by atoms with Crippen LogP contribution in [0.5, 0.6) is 0 Å². The number of nitrogens with zero attached hydrogens (tertiary/aromatic N) is 2. The molecule has 1 spiro atoms. The quantitative estimate of drug-likeness (QED) is 0.277. The SMILES string of the molecule is CC(=O)[C@@H]1[C@@H](c2ccc([N+](=O)[O-])cc2)C2(C(=O)c3ccccc3C2=O)C2C=Cc3cc(Cl)ccc3N21. The van der Waals surface area contributed by atoms with E-state index in [1.807, 2.05) is 17.1 Å². The lowest BCUT2D eigenvalue weighted by Gasteiger charge is -2.37. The summed E-state index contributed by atoms with van der Waals surface area (Å²) in [5.74, 6) is -1.76. The fourth-order valence-electron chi connectivity index (χ4n) is 6.28. The van der Waals surface area contributed by atoms with E-state index >= 15 is 0 Å². The van der Waals surface area contributed by atoms with Crippen molar-refractivity contribution >= 4 is 46.4 Å². The van der Waals surface area contributed by atoms with E-state index in [1.54, 1.807) is 54.6 Å². The molecule has 6 rings (SSSR count). The number of carbonyl (C=O) groups is 3. The number of carbonyl (C=O) groups excluding carboxylic acids is 3. The van der Waals surface area contributed by atoms with Gasteiger partial charge in [-0.1, -0.05) is 60.2 Å². The van der Waals surface area contributed by atoms with Crippen LogP contribution in [0.25, 0.3) is 6.08 Å². The Hall–Kier alpha value is -4.10. The largest absolute Gasteiger partial charge is 0.352 e. The molecule has 0 N–H and O–H groups in total. The van der Waals surface area contributed by atoms with Crippen LogP contribution in [0.2, 0.25) is 5.02 Å². The third kappa shape index (κ3) is 2.77. The first-order valence-corrected chi connectivity index (χ1v) is 11.8. The number of non-ortho nitro benzene ring substituents is 1. The Morgan fingerprint density at radius 3 is 2.22 bits per heavy atom. The standard InChI is InChI=1S/C28H19ClN2O5/c1-15(32)25-24(16-6-10-19(11-7-16)31(35)36)28(26(33)20-4-2-3-5-21(20)27(28)34)23-13-8-17-14-18(29)9-12-22(17)30(23)25/h2-14,23-25H,1H3/t23?,24-,25-/m1/s1. The van der Waals surface area contributed by atoms with Crippen LogP contribution >= 0.6 is 11.6 Å². The van der Waals surface area contributed by atoms with E-state index in [0.717, 1.165) is 5.56 Å². The molecule has 1 fully saturated rings. The molecule has 3 atom stereocenters. The van der Waals surface area contributed by atoms with Gasteiger partial charge in [0.1, 0.15) is 5.41 Å². The summed E-state index contributed by atoms with van der Waals surface area (Å²) in [7, 11) is 0. The number of fused-ring (bicyclic) bond motifs is 5. The van der Waals surface area contributed by atoms with Gasteiger partial charge >= 0.3 is 0 Å². The summed E-state index contributed by atoms with van der Waals surface area (Å²) >= 11 is 6.23. The Morgan fingerprint density at radius 2 is 1.64 bits per heavy atom. The van der Waals surface area contributed by atoms with Crippen molar-refractivity contribution in [2.24, 2.45) is 5.41 Å². The number of halogens is 1. The van der Waals surface area contributed by atoms with E-state index in [4.69, 9.17) is 11.6 Å². The summed E-state index contributed by atoms with van der Waals surface area (Å²) in [6.07, 6.45) is 3.64. The average molecular weight is 499 g/mol. The Bertz CT molecular complexity index is 1490. The zero-order valence-corrected chi connectivity index (χ0v) is 19.8. The molecule has 0 amide bonds. The van der Waals surface area contributed by atoms with Gasteiger partial charge in [0, 0.05) is 39.9 Å². The molecule has 8 heteroatoms. The average Bonchev–Trinajstić information content (AvgIpc) is 3.30. The van der Waals surface area contributed by atoms with E-state index < -0.39 is 28.3 Å². The first-order chi connectivity index (χ1) is 17.3. The van der Waals surface area contributed by atoms with Gasteiger partial charge < -0.3 is 4.90 Å². The van der Waals surface area contributed by atoms with Gasteiger partial charge in [0.05, 0.1) is 17.0 Å². The highest BCUT2D eigenvalue weighted by molar-refractivity contribution is 6.32. The maximum atomic E-state index is 14.3. The molecule has 0 saturated carbocycles. The number of rotatable bonds is 3. The van der Waals surface area contributed by atoms with Crippen LogP contribution in [-0.2, 0) is 4.79 Å². The minimum absolute atomic E-state index is 0.116. The van der Waals surface area contributed by atoms with Crippen molar-refractivity contribution in [1.82, 2.24) is 0 Å². The van der Waals surface area contributed by atoms with Crippen LogP contribution in [-0.4, -0.2) is 34.4 Å². The summed E-state index contributed by atoms with van der Waals surface area (Å²) in [5.41, 5.74) is 0.933. The Morgan fingerprint density at radius 1 is 1.00 bits per heavy atom. The number of nitro groups is 1. The molecular weight excluding hydrogens is 480 g/mol. The summed E-state index contributed by atoms with van der Waals surface area (Å²) < 4.78 is 0. The second-order valence-corrected chi connectivity index (χ2v) is 9.81. The monoisotopic (exact) mass is 498 g/mol. The minimum Gasteiger partial charge on any atom is -0.352 e. The van der Waals surface area contributed by atoms with Crippen LogP contribution < -0.4 is 4.90 Å². The van der Waals surface area contributed by atoms with Crippen molar-refractivity contribution in [3.63, 3.8) is 0 Å². The van der Waals surface area contributed by atoms with Crippen molar-refractivity contribution in [2.45, 2.75) is 24.9 Å². The molecule has 3 aliphatic rings. The highest BCUT2D eigenvalue weighted by Crippen LogP contribution is 2.60. The zero-order chi connectivity index (χ0) is 25.4. The van der Waals surface area contributed by atoms with Gasteiger partial charge in [-0.25, -0.2) is 0 Å². The molecule has 1 aliphatic carbocycles. The van der Waals surface area contributed by atoms with Gasteiger partial charge in [-0.3, -0.25) is 24.5 Å². The molecule has 178 valence electrons. The lowest BCUT2D eigenvalue weighted by molar-refractivity contribution is -0.384. The maximum Gasteiger partial charge on any atom is 0.269 e. The van der Waals surface area contributed by atoms with Crippen LogP contribution in [0.4, 0.5) is 11.4 Å². The number of nitro benzene ring substituents is 1. The Balaban J connectivity index is 1.66. The van der Waals surface area contributed by atoms with Crippen molar-refractivity contribution in [3.05, 3.63) is 110 Å². The van der Waals surface area contributed by atoms with Crippen molar-refractivity contribution < 1.29 is 19.3 Å². The van der Waals surface area contributed by atoms with Gasteiger partial charge in [-0.2, -0.15) is 0 Å². The highest BCUT2D eigenvalue weighted by Gasteiger charge is 2.71. The maximum absolute atomic E-state index is 14.3. The van der Waals surface area contributed by atoms with Crippen molar-refractivity contribution in [1.29, 1.82) is 0 Å². The topological polar surface area (TPSA) is 97.6 Å². The molecule has 0 bridgehead atoms. The van der Waals surface area contributed by atoms with Gasteiger partial charge in [-0.05, 0) is 36.2 Å². The molecule has 3 aromatic carbocycles. The summed E-state index contributed by atoms with van der Waals surface area (Å²) in [6.45, 7) is 1.45. The molecule has 0 radical (unpaired) electrons. The molecular formula is C28H19ClN2O5. The highest BCUT2D eigenvalue weighted by atomic mass is 35.5. The van der Waals surface area contributed by atoms with Crippen molar-refractivity contribution in [2.75, 3.05) is 4.90 Å². The number of hydrogen-bond donors (Lipinski definition) is 0. The molecule has 1 unspecified atom stereocenters. The Labute approximate surface area is 211 Å². The smallest absolute Gasteiger partial charge is 0.269 e. The molecule has 1 saturated heterocycles. The fourth-order valence-corrected chi connectivity index (χ4v) is 6.46. The minimum atomic E-state index is -1.61. The summed E-state index contributed by atoms with van der Waals surface area (Å²) in [5, 5.41) is 11.8. The van der Waals surface area contributed by atoms with Crippen LogP contribution in [0, 0.1) is 15.5 Å². The molecule has 2 aliphatic heterocycles. The third-order valence-corrected chi connectivity index (χ3v) is 7.88. The van der Waals surface area contributed by atoms with Crippen LogP contribution in [0.3, 0.4) is 0 Å². The fraction of sp³-hybridized carbons (Fsp3) is 0.179. The molecule has 0 aromatic heterocycles. The molecule has 2 heterocycles. The van der Waals surface area contributed by atoms with E-state index in [0.29, 0.717) is 27.4 Å². The predicted molar refractivity (Wildman–Crippen MR) is 135 cm³/mol. The lowest BCUT2D eigenvalue weighted by Crippen LogP contribution is -2.48. The predicted octanol–water partition coefficient (Wildman–Crippen LogP) is 5.27. The summed E-state index contributed by atoms with van der Waals surface area (Å²) in [4.78, 5) is 54.5. The first kappa shape index (κ1) is 22.4. The number of benzene rings is 3. The van der Waals surface area contributed by atoms with E-state index in [9.17, 15) is 24.5 Å². The second-order valence-electron chi connectivity index (χ2n) is 9.37. The van der Waals surface area contributed by atoms with Crippen molar-refractivity contribution in [3.8, 4) is 0 Å². The van der Waals surface area contributed by atoms with E-state index in [1.165, 1.54) is 19.1 Å². The van der Waals surface area contributed by atoms with Gasteiger partial charge in [-0.15, -0.1) is 0 Å². The zero-order valence-electron chi connectivity index (χ0n) is 19.1. The summed E-state index contributed by atoms with van der Waals surface area (Å²) in [6, 6.07) is 16.2. The van der Waals surface area contributed by atoms with Crippen LogP contribution in [0.15, 0.2) is 72.8 Å². The molecule has 7 nitrogen and oxygen atoms in total. The van der Waals surface area contributed by atoms with Gasteiger partial charge in [0.15, 0.2) is 17.3 Å². The number of Topliss-reactive ketones (excluding diaryl/α,β-unsaturated/α-hetero) is 3. The van der Waals surface area contributed by atoms with E-state index in [2.05, 4.69) is 0 Å². The van der Waals surface area contributed by atoms with Crippen LogP contribution in [0.1, 0.15) is 44.7 Å². The second kappa shape index (κ2) is 7.70. The van der Waals surface area contributed by atoms with Gasteiger partial charge in [0.2, 0.25) is 0 Å². The van der Waals surface area contributed by atoms with E-state index in [-0.39, 0.29) is 23.0 Å². The number of hydrogen-bond acceptors (Lipinski definition) is 6. The lowest BCUT2D eigenvalue weighted by atomic mass is 9.64.